The fourth-order valence-corrected chi connectivity index (χ4v) is 3.58. The maximum atomic E-state index is 12.7. The van der Waals surface area contributed by atoms with Crippen molar-refractivity contribution in [2.75, 3.05) is 0 Å². The van der Waals surface area contributed by atoms with Gasteiger partial charge < -0.3 is 16.4 Å². The predicted molar refractivity (Wildman–Crippen MR) is 116 cm³/mol. The second-order valence-corrected chi connectivity index (χ2v) is 7.30. The number of hydrogen-bond acceptors (Lipinski definition) is 3. The largest absolute Gasteiger partial charge is 0.352 e. The molecule has 0 aliphatic rings. The average molecular weight is 406 g/mol. The third kappa shape index (κ3) is 4.86. The van der Waals surface area contributed by atoms with Crippen LogP contribution in [0.2, 0.25) is 0 Å². The van der Waals surface area contributed by atoms with Crippen LogP contribution in [0.25, 0.3) is 5.69 Å². The second kappa shape index (κ2) is 9.26. The van der Waals surface area contributed by atoms with Gasteiger partial charge in [-0.15, -0.1) is 0 Å². The first kappa shape index (κ1) is 21.1. The molecule has 3 amide bonds. The van der Waals surface area contributed by atoms with Gasteiger partial charge in [0.1, 0.15) is 0 Å². The molecule has 4 N–H and O–H groups in total. The summed E-state index contributed by atoms with van der Waals surface area (Å²) in [6.45, 7) is 6.21. The van der Waals surface area contributed by atoms with E-state index < -0.39 is 12.1 Å². The van der Waals surface area contributed by atoms with Crippen LogP contribution in [0.15, 0.2) is 54.6 Å². The first-order chi connectivity index (χ1) is 14.4. The highest BCUT2D eigenvalue weighted by molar-refractivity contribution is 5.79. The van der Waals surface area contributed by atoms with E-state index in [9.17, 15) is 9.59 Å². The van der Waals surface area contributed by atoms with Crippen LogP contribution in [0, 0.1) is 20.8 Å². The lowest BCUT2D eigenvalue weighted by Crippen LogP contribution is -2.37. The minimum Gasteiger partial charge on any atom is -0.352 e. The molecule has 7 heteroatoms. The van der Waals surface area contributed by atoms with Gasteiger partial charge in [-0.25, -0.2) is 9.48 Å². The molecule has 0 saturated heterocycles. The Morgan fingerprint density at radius 2 is 1.70 bits per heavy atom. The van der Waals surface area contributed by atoms with Crippen molar-refractivity contribution >= 4 is 11.9 Å². The Morgan fingerprint density at radius 1 is 1.03 bits per heavy atom. The Bertz CT molecular complexity index is 1040. The molecule has 0 saturated carbocycles. The molecule has 156 valence electrons. The summed E-state index contributed by atoms with van der Waals surface area (Å²) in [5.74, 6) is -0.178. The van der Waals surface area contributed by atoms with Crippen LogP contribution in [0.4, 0.5) is 4.79 Å². The van der Waals surface area contributed by atoms with Crippen LogP contribution in [0.3, 0.4) is 0 Å². The molecule has 7 nitrogen and oxygen atoms in total. The lowest BCUT2D eigenvalue weighted by atomic mass is 9.98. The summed E-state index contributed by atoms with van der Waals surface area (Å²) in [5, 5.41) is 10.2. The van der Waals surface area contributed by atoms with E-state index in [1.54, 1.807) is 0 Å². The molecule has 0 aliphatic heterocycles. The van der Waals surface area contributed by atoms with E-state index >= 15 is 0 Å². The Labute approximate surface area is 176 Å². The molecule has 0 radical (unpaired) electrons. The SMILES string of the molecule is Cc1ccccc1[C@H](CC(=O)NCc1c(C)nn(-c2ccccc2)c1C)NC(N)=O. The van der Waals surface area contributed by atoms with Gasteiger partial charge in [-0.1, -0.05) is 42.5 Å². The molecule has 0 aliphatic carbocycles. The van der Waals surface area contributed by atoms with Gasteiger partial charge in [-0.2, -0.15) is 5.10 Å². The van der Waals surface area contributed by atoms with E-state index in [1.165, 1.54) is 0 Å². The highest BCUT2D eigenvalue weighted by Gasteiger charge is 2.20. The van der Waals surface area contributed by atoms with E-state index in [-0.39, 0.29) is 12.3 Å². The van der Waals surface area contributed by atoms with Crippen molar-refractivity contribution in [2.24, 2.45) is 5.73 Å². The summed E-state index contributed by atoms with van der Waals surface area (Å²) in [6, 6.07) is 16.3. The van der Waals surface area contributed by atoms with Gasteiger partial charge in [-0.3, -0.25) is 4.79 Å². The number of primary amides is 1. The number of benzene rings is 2. The molecule has 1 aromatic heterocycles. The van der Waals surface area contributed by atoms with Gasteiger partial charge in [0.05, 0.1) is 23.8 Å². The molecule has 30 heavy (non-hydrogen) atoms. The zero-order chi connectivity index (χ0) is 21.7. The lowest BCUT2D eigenvalue weighted by molar-refractivity contribution is -0.121. The Morgan fingerprint density at radius 3 is 2.37 bits per heavy atom. The lowest BCUT2D eigenvalue weighted by Gasteiger charge is -2.19. The number of aromatic nitrogens is 2. The van der Waals surface area contributed by atoms with Crippen molar-refractivity contribution in [1.29, 1.82) is 0 Å². The molecule has 3 rings (SSSR count). The number of aryl methyl sites for hydroxylation is 2. The Hall–Kier alpha value is -3.61. The van der Waals surface area contributed by atoms with Crippen molar-refractivity contribution in [2.45, 2.75) is 39.8 Å². The maximum Gasteiger partial charge on any atom is 0.312 e. The van der Waals surface area contributed by atoms with Crippen LogP contribution >= 0.6 is 0 Å². The smallest absolute Gasteiger partial charge is 0.312 e. The molecular formula is C23H27N5O2. The van der Waals surface area contributed by atoms with Crippen molar-refractivity contribution in [1.82, 2.24) is 20.4 Å². The molecular weight excluding hydrogens is 378 g/mol. The number of nitrogens with two attached hydrogens (primary N) is 1. The number of amides is 3. The van der Waals surface area contributed by atoms with E-state index in [2.05, 4.69) is 15.7 Å². The highest BCUT2D eigenvalue weighted by Crippen LogP contribution is 2.21. The number of rotatable bonds is 7. The average Bonchev–Trinajstić information content (AvgIpc) is 3.00. The first-order valence-corrected chi connectivity index (χ1v) is 9.85. The molecule has 1 atom stereocenters. The monoisotopic (exact) mass is 405 g/mol. The number of urea groups is 1. The molecule has 0 unspecified atom stereocenters. The van der Waals surface area contributed by atoms with Crippen LogP contribution in [0.5, 0.6) is 0 Å². The third-order valence-electron chi connectivity index (χ3n) is 5.17. The van der Waals surface area contributed by atoms with Crippen molar-refractivity contribution in [3.05, 3.63) is 82.7 Å². The molecule has 0 fully saturated rings. The summed E-state index contributed by atoms with van der Waals surface area (Å²) >= 11 is 0. The van der Waals surface area contributed by atoms with Crippen LogP contribution in [0.1, 0.15) is 40.5 Å². The van der Waals surface area contributed by atoms with Gasteiger partial charge >= 0.3 is 6.03 Å². The number of nitrogens with zero attached hydrogens (tertiary/aromatic N) is 2. The van der Waals surface area contributed by atoms with E-state index in [1.807, 2.05) is 80.1 Å². The normalized spacial score (nSPS) is 11.7. The van der Waals surface area contributed by atoms with Crippen LogP contribution < -0.4 is 16.4 Å². The van der Waals surface area contributed by atoms with Gasteiger partial charge in [-0.05, 0) is 44.0 Å². The van der Waals surface area contributed by atoms with Crippen molar-refractivity contribution < 1.29 is 9.59 Å². The Balaban J connectivity index is 1.71. The standard InChI is InChI=1S/C23H27N5O2/c1-15-9-7-8-12-19(15)21(26-23(24)30)13-22(29)25-14-20-16(2)27-28(17(20)3)18-10-5-4-6-11-18/h4-12,21H,13-14H2,1-3H3,(H,25,29)(H3,24,26,30)/t21-/m0/s1. The topological polar surface area (TPSA) is 102 Å². The van der Waals surface area contributed by atoms with E-state index in [0.29, 0.717) is 6.54 Å². The number of para-hydroxylation sites is 1. The van der Waals surface area contributed by atoms with Crippen LogP contribution in [-0.2, 0) is 11.3 Å². The minimum absolute atomic E-state index is 0.0959. The number of carbonyl (C=O) groups excluding carboxylic acids is 2. The zero-order valence-electron chi connectivity index (χ0n) is 17.5. The molecule has 0 bridgehead atoms. The van der Waals surface area contributed by atoms with E-state index in [0.717, 1.165) is 33.8 Å². The first-order valence-electron chi connectivity index (χ1n) is 9.85. The Kier molecular flexibility index (Phi) is 6.51. The van der Waals surface area contributed by atoms with Gasteiger partial charge in [0.15, 0.2) is 0 Å². The zero-order valence-corrected chi connectivity index (χ0v) is 17.5. The number of nitrogens with one attached hydrogen (secondary N) is 2. The van der Waals surface area contributed by atoms with E-state index in [4.69, 9.17) is 5.73 Å². The summed E-state index contributed by atoms with van der Waals surface area (Å²) < 4.78 is 1.88. The predicted octanol–water partition coefficient (Wildman–Crippen LogP) is 3.21. The quantitative estimate of drug-likeness (QED) is 0.562. The molecule has 1 heterocycles. The van der Waals surface area contributed by atoms with Gasteiger partial charge in [0, 0.05) is 17.8 Å². The summed E-state index contributed by atoms with van der Waals surface area (Å²) in [6.07, 6.45) is 0.0959. The molecule has 2 aromatic carbocycles. The molecule has 0 spiro atoms. The fourth-order valence-electron chi connectivity index (χ4n) is 3.58. The van der Waals surface area contributed by atoms with Crippen molar-refractivity contribution in [3.63, 3.8) is 0 Å². The maximum absolute atomic E-state index is 12.7. The van der Waals surface area contributed by atoms with Crippen LogP contribution in [-0.4, -0.2) is 21.7 Å². The second-order valence-electron chi connectivity index (χ2n) is 7.30. The summed E-state index contributed by atoms with van der Waals surface area (Å²) in [7, 11) is 0. The van der Waals surface area contributed by atoms with Gasteiger partial charge in [0.2, 0.25) is 5.91 Å². The number of hydrogen-bond donors (Lipinski definition) is 3. The van der Waals surface area contributed by atoms with Gasteiger partial charge in [0.25, 0.3) is 0 Å². The minimum atomic E-state index is -0.660. The third-order valence-corrected chi connectivity index (χ3v) is 5.17. The molecule has 3 aromatic rings. The fraction of sp³-hybridized carbons (Fsp3) is 0.261. The highest BCUT2D eigenvalue weighted by atomic mass is 16.2. The van der Waals surface area contributed by atoms with Crippen molar-refractivity contribution in [3.8, 4) is 5.69 Å². The number of carbonyl (C=O) groups is 2. The summed E-state index contributed by atoms with van der Waals surface area (Å²) in [5.41, 5.74) is 11.0. The summed E-state index contributed by atoms with van der Waals surface area (Å²) in [4.78, 5) is 24.1.